The molecule has 1 aromatic heterocycles. The summed E-state index contributed by atoms with van der Waals surface area (Å²) in [5.74, 6) is 4.11. The summed E-state index contributed by atoms with van der Waals surface area (Å²) in [5.41, 5.74) is 2.41. The van der Waals surface area contributed by atoms with Crippen molar-refractivity contribution < 1.29 is 4.74 Å². The number of aromatic nitrogens is 3. The maximum absolute atomic E-state index is 6.33. The van der Waals surface area contributed by atoms with E-state index in [1.807, 2.05) is 7.05 Å². The van der Waals surface area contributed by atoms with Crippen LogP contribution in [-0.4, -0.2) is 40.4 Å². The van der Waals surface area contributed by atoms with E-state index >= 15 is 0 Å². The van der Waals surface area contributed by atoms with Crippen molar-refractivity contribution in [1.82, 2.24) is 25.4 Å². The molecule has 1 aliphatic carbocycles. The van der Waals surface area contributed by atoms with Gasteiger partial charge in [-0.25, -0.2) is 0 Å². The van der Waals surface area contributed by atoms with Crippen molar-refractivity contribution in [2.24, 2.45) is 4.99 Å². The summed E-state index contributed by atoms with van der Waals surface area (Å²) in [6.07, 6.45) is 12.0. The van der Waals surface area contributed by atoms with Gasteiger partial charge in [0.1, 0.15) is 17.4 Å². The van der Waals surface area contributed by atoms with E-state index in [0.717, 1.165) is 55.7 Å². The van der Waals surface area contributed by atoms with Crippen molar-refractivity contribution >= 4 is 5.96 Å². The zero-order valence-electron chi connectivity index (χ0n) is 19.7. The van der Waals surface area contributed by atoms with Gasteiger partial charge in [0.25, 0.3) is 0 Å². The fourth-order valence-corrected chi connectivity index (χ4v) is 4.69. The van der Waals surface area contributed by atoms with E-state index in [2.05, 4.69) is 55.5 Å². The molecule has 1 saturated carbocycles. The van der Waals surface area contributed by atoms with Crippen LogP contribution in [0.2, 0.25) is 0 Å². The van der Waals surface area contributed by atoms with E-state index in [1.54, 1.807) is 0 Å². The lowest BCUT2D eigenvalue weighted by Gasteiger charge is -2.18. The normalized spacial score (nSPS) is 17.1. The van der Waals surface area contributed by atoms with Gasteiger partial charge in [0.05, 0.1) is 6.10 Å². The minimum Gasteiger partial charge on any atom is -0.490 e. The number of nitrogens with zero attached hydrogens (tertiary/aromatic N) is 4. The summed E-state index contributed by atoms with van der Waals surface area (Å²) in [5, 5.41) is 15.7. The molecule has 0 saturated heterocycles. The quantitative estimate of drug-likeness (QED) is 0.371. The van der Waals surface area contributed by atoms with E-state index in [0.29, 0.717) is 12.6 Å². The Bertz CT molecular complexity index is 900. The van der Waals surface area contributed by atoms with Gasteiger partial charge in [-0.15, -0.1) is 10.2 Å². The van der Waals surface area contributed by atoms with Crippen LogP contribution in [0.3, 0.4) is 0 Å². The first-order valence-corrected chi connectivity index (χ1v) is 12.3. The number of hydrogen-bond donors (Lipinski definition) is 2. The van der Waals surface area contributed by atoms with E-state index in [-0.39, 0.29) is 0 Å². The second kappa shape index (κ2) is 11.3. The highest BCUT2D eigenvalue weighted by Gasteiger charge is 2.18. The van der Waals surface area contributed by atoms with Gasteiger partial charge < -0.3 is 19.9 Å². The molecule has 7 heteroatoms. The molecule has 0 amide bonds. The zero-order valence-corrected chi connectivity index (χ0v) is 19.7. The molecule has 1 aromatic carbocycles. The third-order valence-corrected chi connectivity index (χ3v) is 6.54. The first kappa shape index (κ1) is 22.6. The Balaban J connectivity index is 1.25. The molecule has 7 nitrogen and oxygen atoms in total. The summed E-state index contributed by atoms with van der Waals surface area (Å²) in [4.78, 5) is 4.39. The highest BCUT2D eigenvalue weighted by atomic mass is 16.5. The molecular weight excluding hydrogens is 400 g/mol. The van der Waals surface area contributed by atoms with E-state index in [1.165, 1.54) is 56.1 Å². The van der Waals surface area contributed by atoms with Crippen LogP contribution >= 0.6 is 0 Å². The van der Waals surface area contributed by atoms with Crippen molar-refractivity contribution in [3.05, 3.63) is 41.0 Å². The molecule has 32 heavy (non-hydrogen) atoms. The van der Waals surface area contributed by atoms with Crippen LogP contribution in [0.15, 0.2) is 23.2 Å². The lowest BCUT2D eigenvalue weighted by Crippen LogP contribution is -2.37. The van der Waals surface area contributed by atoms with E-state index in [9.17, 15) is 0 Å². The highest BCUT2D eigenvalue weighted by molar-refractivity contribution is 5.79. The predicted octanol–water partition coefficient (Wildman–Crippen LogP) is 3.93. The monoisotopic (exact) mass is 438 g/mol. The molecule has 0 bridgehead atoms. The van der Waals surface area contributed by atoms with Crippen LogP contribution in [0.25, 0.3) is 0 Å². The lowest BCUT2D eigenvalue weighted by molar-refractivity contribution is 0.207. The first-order chi connectivity index (χ1) is 15.7. The molecule has 1 aliphatic heterocycles. The Morgan fingerprint density at radius 1 is 1.12 bits per heavy atom. The third-order valence-electron chi connectivity index (χ3n) is 6.54. The number of guanidine groups is 1. The Hall–Kier alpha value is -2.57. The van der Waals surface area contributed by atoms with Crippen molar-refractivity contribution in [1.29, 1.82) is 0 Å². The van der Waals surface area contributed by atoms with Gasteiger partial charge in [-0.2, -0.15) is 0 Å². The number of rotatable bonds is 8. The van der Waals surface area contributed by atoms with Crippen molar-refractivity contribution in [3.63, 3.8) is 0 Å². The van der Waals surface area contributed by atoms with Crippen molar-refractivity contribution in [2.75, 3.05) is 13.6 Å². The summed E-state index contributed by atoms with van der Waals surface area (Å²) in [6, 6.07) is 6.47. The molecule has 0 atom stereocenters. The number of aliphatic imine (C=N–C) groups is 1. The van der Waals surface area contributed by atoms with E-state index < -0.39 is 0 Å². The van der Waals surface area contributed by atoms with Crippen LogP contribution in [-0.2, 0) is 25.9 Å². The Morgan fingerprint density at radius 3 is 2.84 bits per heavy atom. The summed E-state index contributed by atoms with van der Waals surface area (Å²) >= 11 is 0. The zero-order chi connectivity index (χ0) is 22.2. The van der Waals surface area contributed by atoms with Gasteiger partial charge in [0, 0.05) is 45.1 Å². The second-order valence-electron chi connectivity index (χ2n) is 9.09. The predicted molar refractivity (Wildman–Crippen MR) is 128 cm³/mol. The van der Waals surface area contributed by atoms with Crippen LogP contribution in [0, 0.1) is 6.92 Å². The molecule has 0 radical (unpaired) electrons. The number of hydrogen-bond acceptors (Lipinski definition) is 4. The topological polar surface area (TPSA) is 76.4 Å². The molecule has 0 spiro atoms. The average molecular weight is 439 g/mol. The number of nitrogens with one attached hydrogen (secondary N) is 2. The summed E-state index contributed by atoms with van der Waals surface area (Å²) in [7, 11) is 1.82. The minimum absolute atomic E-state index is 0.361. The van der Waals surface area contributed by atoms with Crippen molar-refractivity contribution in [3.8, 4) is 5.75 Å². The van der Waals surface area contributed by atoms with Gasteiger partial charge in [-0.05, 0) is 63.5 Å². The molecule has 2 heterocycles. The maximum Gasteiger partial charge on any atom is 0.191 e. The third kappa shape index (κ3) is 6.02. The lowest BCUT2D eigenvalue weighted by atomic mass is 10.1. The van der Waals surface area contributed by atoms with Gasteiger partial charge in [0.15, 0.2) is 5.96 Å². The number of aryl methyl sites for hydroxylation is 3. The fourth-order valence-electron chi connectivity index (χ4n) is 4.69. The van der Waals surface area contributed by atoms with Crippen LogP contribution in [0.4, 0.5) is 0 Å². The first-order valence-electron chi connectivity index (χ1n) is 12.3. The van der Waals surface area contributed by atoms with Crippen LogP contribution < -0.4 is 15.4 Å². The Morgan fingerprint density at radius 2 is 2.00 bits per heavy atom. The SMILES string of the molecule is CN=C(NCCCc1nnc2n1CCCCC2)NCc1ccc(C)cc1OC1CCCC1. The largest absolute Gasteiger partial charge is 0.490 e. The molecule has 174 valence electrons. The fraction of sp³-hybridized carbons (Fsp3) is 0.640. The number of benzene rings is 1. The van der Waals surface area contributed by atoms with Gasteiger partial charge in [0.2, 0.25) is 0 Å². The molecular formula is C25H38N6O. The highest BCUT2D eigenvalue weighted by Crippen LogP contribution is 2.27. The molecule has 4 rings (SSSR count). The smallest absolute Gasteiger partial charge is 0.191 e. The Labute approximate surface area is 192 Å². The Kier molecular flexibility index (Phi) is 8.02. The number of ether oxygens (including phenoxy) is 1. The van der Waals surface area contributed by atoms with Gasteiger partial charge in [-0.3, -0.25) is 4.99 Å². The second-order valence-corrected chi connectivity index (χ2v) is 9.09. The van der Waals surface area contributed by atoms with Crippen molar-refractivity contribution in [2.45, 2.75) is 90.3 Å². The maximum atomic E-state index is 6.33. The van der Waals surface area contributed by atoms with E-state index in [4.69, 9.17) is 4.74 Å². The number of fused-ring (bicyclic) bond motifs is 1. The van der Waals surface area contributed by atoms with Gasteiger partial charge >= 0.3 is 0 Å². The van der Waals surface area contributed by atoms with Gasteiger partial charge in [-0.1, -0.05) is 18.6 Å². The summed E-state index contributed by atoms with van der Waals surface area (Å²) < 4.78 is 8.67. The standard InChI is InChI=1S/C25H38N6O/c1-19-13-14-20(22(17-19)32-21-9-5-6-10-21)18-28-25(26-2)27-15-8-12-24-30-29-23-11-4-3-7-16-31(23)24/h13-14,17,21H,3-12,15-16,18H2,1-2H3,(H2,26,27,28). The average Bonchev–Trinajstić information content (AvgIpc) is 3.38. The molecule has 2 aromatic rings. The summed E-state index contributed by atoms with van der Waals surface area (Å²) in [6.45, 7) is 4.73. The van der Waals surface area contributed by atoms with Crippen LogP contribution in [0.1, 0.15) is 74.1 Å². The molecule has 1 fully saturated rings. The molecule has 0 unspecified atom stereocenters. The molecule has 2 aliphatic rings. The minimum atomic E-state index is 0.361. The molecule has 2 N–H and O–H groups in total. The van der Waals surface area contributed by atoms with Crippen LogP contribution in [0.5, 0.6) is 5.75 Å².